The van der Waals surface area contributed by atoms with E-state index >= 15 is 0 Å². The number of methoxy groups -OCH3 is 1. The van der Waals surface area contributed by atoms with Gasteiger partial charge in [-0.1, -0.05) is 0 Å². The van der Waals surface area contributed by atoms with Crippen LogP contribution in [0, 0.1) is 0 Å². The first kappa shape index (κ1) is 9.11. The van der Waals surface area contributed by atoms with Crippen molar-refractivity contribution in [3.63, 3.8) is 0 Å². The van der Waals surface area contributed by atoms with Gasteiger partial charge in [0.25, 0.3) is 5.91 Å². The number of anilines is 2. The largest absolute Gasteiger partial charge is 0.480 e. The van der Waals surface area contributed by atoms with Gasteiger partial charge in [-0.05, 0) is 6.07 Å². The lowest BCUT2D eigenvalue weighted by molar-refractivity contribution is 0.0997. The predicted molar refractivity (Wildman–Crippen MR) is 48.1 cm³/mol. The quantitative estimate of drug-likeness (QED) is 0.562. The zero-order valence-electron chi connectivity index (χ0n) is 7.07. The first-order valence-corrected chi connectivity index (χ1v) is 3.46. The number of rotatable bonds is 2. The number of ether oxygens (including phenoxy) is 1. The summed E-state index contributed by atoms with van der Waals surface area (Å²) in [6, 6.07) is 1.34. The zero-order chi connectivity index (χ0) is 10.0. The average Bonchev–Trinajstić information content (AvgIpc) is 2.08. The molecule has 70 valence electrons. The molecule has 0 bridgehead atoms. The van der Waals surface area contributed by atoms with E-state index in [4.69, 9.17) is 21.9 Å². The van der Waals surface area contributed by atoms with Crippen LogP contribution in [-0.4, -0.2) is 18.0 Å². The molecule has 0 saturated carbocycles. The van der Waals surface area contributed by atoms with Gasteiger partial charge in [-0.25, -0.2) is 0 Å². The van der Waals surface area contributed by atoms with Crippen molar-refractivity contribution in [1.29, 1.82) is 0 Å². The molecule has 0 unspecified atom stereocenters. The van der Waals surface area contributed by atoms with E-state index in [0.717, 1.165) is 0 Å². The highest BCUT2D eigenvalue weighted by Gasteiger charge is 2.12. The van der Waals surface area contributed by atoms with Crippen molar-refractivity contribution >= 4 is 17.4 Å². The maximum atomic E-state index is 10.9. The Morgan fingerprint density at radius 3 is 2.62 bits per heavy atom. The average molecular weight is 182 g/mol. The molecule has 1 rings (SSSR count). The second kappa shape index (κ2) is 3.18. The third kappa shape index (κ3) is 1.61. The van der Waals surface area contributed by atoms with Gasteiger partial charge in [0, 0.05) is 0 Å². The van der Waals surface area contributed by atoms with Crippen molar-refractivity contribution in [3.8, 4) is 5.88 Å². The van der Waals surface area contributed by atoms with Crippen LogP contribution in [0.25, 0.3) is 0 Å². The highest BCUT2D eigenvalue weighted by molar-refractivity contribution is 5.96. The summed E-state index contributed by atoms with van der Waals surface area (Å²) in [4.78, 5) is 14.6. The Bertz CT molecular complexity index is 351. The van der Waals surface area contributed by atoms with Gasteiger partial charge in [-0.3, -0.25) is 4.79 Å². The fourth-order valence-corrected chi connectivity index (χ4v) is 0.857. The lowest BCUT2D eigenvalue weighted by atomic mass is 10.2. The Kier molecular flexibility index (Phi) is 2.23. The molecular weight excluding hydrogens is 172 g/mol. The molecule has 0 saturated heterocycles. The van der Waals surface area contributed by atoms with Crippen molar-refractivity contribution < 1.29 is 9.53 Å². The maximum absolute atomic E-state index is 10.9. The Morgan fingerprint density at radius 1 is 1.54 bits per heavy atom. The molecule has 0 fully saturated rings. The van der Waals surface area contributed by atoms with E-state index in [0.29, 0.717) is 0 Å². The van der Waals surface area contributed by atoms with Crippen molar-refractivity contribution in [3.05, 3.63) is 11.6 Å². The van der Waals surface area contributed by atoms with Crippen LogP contribution in [0.4, 0.5) is 11.5 Å². The maximum Gasteiger partial charge on any atom is 0.254 e. The molecule has 6 N–H and O–H groups in total. The van der Waals surface area contributed by atoms with Crippen LogP contribution in [0.15, 0.2) is 6.07 Å². The minimum Gasteiger partial charge on any atom is -0.480 e. The lowest BCUT2D eigenvalue weighted by Crippen LogP contribution is -2.14. The fraction of sp³-hybridized carbons (Fsp3) is 0.143. The Balaban J connectivity index is 3.33. The van der Waals surface area contributed by atoms with Crippen LogP contribution in [0.1, 0.15) is 10.4 Å². The first-order chi connectivity index (χ1) is 6.06. The molecule has 6 heteroatoms. The number of nitrogens with two attached hydrogens (primary N) is 3. The number of pyridine rings is 1. The number of hydrogen-bond acceptors (Lipinski definition) is 5. The molecule has 1 heterocycles. The third-order valence-electron chi connectivity index (χ3n) is 1.51. The summed E-state index contributed by atoms with van der Waals surface area (Å²) < 4.78 is 4.79. The number of aromatic nitrogens is 1. The number of hydrogen-bond donors (Lipinski definition) is 3. The summed E-state index contributed by atoms with van der Waals surface area (Å²) >= 11 is 0. The standard InChI is InChI=1S/C7H10N4O2/c1-13-7-3(6(10)12)2-4(8)5(9)11-7/h2H,8H2,1H3,(H2,9,11)(H2,10,12). The molecule has 6 nitrogen and oxygen atoms in total. The van der Waals surface area contributed by atoms with Crippen LogP contribution >= 0.6 is 0 Å². The van der Waals surface area contributed by atoms with E-state index in [1.165, 1.54) is 13.2 Å². The molecule has 0 aliphatic rings. The van der Waals surface area contributed by atoms with Gasteiger partial charge in [-0.15, -0.1) is 0 Å². The summed E-state index contributed by atoms with van der Waals surface area (Å²) in [7, 11) is 1.37. The van der Waals surface area contributed by atoms with Crippen molar-refractivity contribution in [1.82, 2.24) is 4.98 Å². The van der Waals surface area contributed by atoms with E-state index in [1.807, 2.05) is 0 Å². The molecule has 0 radical (unpaired) electrons. The molecule has 0 aromatic carbocycles. The Morgan fingerprint density at radius 2 is 2.15 bits per heavy atom. The number of amides is 1. The smallest absolute Gasteiger partial charge is 0.254 e. The van der Waals surface area contributed by atoms with Gasteiger partial charge >= 0.3 is 0 Å². The molecule has 0 spiro atoms. The molecule has 0 atom stereocenters. The van der Waals surface area contributed by atoms with E-state index in [9.17, 15) is 4.79 Å². The number of primary amides is 1. The molecule has 13 heavy (non-hydrogen) atoms. The molecule has 0 aliphatic heterocycles. The summed E-state index contributed by atoms with van der Waals surface area (Å²) in [5, 5.41) is 0. The zero-order valence-corrected chi connectivity index (χ0v) is 7.07. The van der Waals surface area contributed by atoms with Gasteiger partial charge in [0.1, 0.15) is 5.56 Å². The lowest BCUT2D eigenvalue weighted by Gasteiger charge is -2.06. The highest BCUT2D eigenvalue weighted by Crippen LogP contribution is 2.21. The summed E-state index contributed by atoms with van der Waals surface area (Å²) in [6.07, 6.45) is 0. The van der Waals surface area contributed by atoms with Gasteiger partial charge in [0.05, 0.1) is 12.8 Å². The minimum absolute atomic E-state index is 0.0826. The second-order valence-corrected chi connectivity index (χ2v) is 2.38. The molecule has 1 aromatic heterocycles. The Hall–Kier alpha value is -1.98. The van der Waals surface area contributed by atoms with Crippen LogP contribution in [0.5, 0.6) is 5.88 Å². The van der Waals surface area contributed by atoms with Crippen LogP contribution < -0.4 is 21.9 Å². The summed E-state index contributed by atoms with van der Waals surface area (Å²) in [5.74, 6) is -0.461. The monoisotopic (exact) mass is 182 g/mol. The summed E-state index contributed by atoms with van der Waals surface area (Å²) in [5.41, 5.74) is 16.2. The first-order valence-electron chi connectivity index (χ1n) is 3.46. The number of carbonyl (C=O) groups is 1. The van der Waals surface area contributed by atoms with Gasteiger partial charge in [0.2, 0.25) is 5.88 Å². The van der Waals surface area contributed by atoms with Crippen LogP contribution in [-0.2, 0) is 0 Å². The van der Waals surface area contributed by atoms with Crippen molar-refractivity contribution in [2.45, 2.75) is 0 Å². The van der Waals surface area contributed by atoms with Crippen LogP contribution in [0.2, 0.25) is 0 Å². The van der Waals surface area contributed by atoms with E-state index in [-0.39, 0.29) is 22.9 Å². The van der Waals surface area contributed by atoms with Gasteiger partial charge < -0.3 is 21.9 Å². The van der Waals surface area contributed by atoms with Crippen LogP contribution in [0.3, 0.4) is 0 Å². The van der Waals surface area contributed by atoms with Crippen molar-refractivity contribution in [2.24, 2.45) is 5.73 Å². The van der Waals surface area contributed by atoms with Gasteiger partial charge in [-0.2, -0.15) is 4.98 Å². The molecule has 1 amide bonds. The van der Waals surface area contributed by atoms with Crippen molar-refractivity contribution in [2.75, 3.05) is 18.6 Å². The fourth-order valence-electron chi connectivity index (χ4n) is 0.857. The molecule has 1 aromatic rings. The molecular formula is C7H10N4O2. The van der Waals surface area contributed by atoms with Gasteiger partial charge in [0.15, 0.2) is 5.82 Å². The number of nitrogens with zero attached hydrogens (tertiary/aromatic N) is 1. The summed E-state index contributed by atoms with van der Waals surface area (Å²) in [6.45, 7) is 0. The van der Waals surface area contributed by atoms with E-state index in [2.05, 4.69) is 4.98 Å². The Labute approximate surface area is 74.7 Å². The second-order valence-electron chi connectivity index (χ2n) is 2.38. The van der Waals surface area contributed by atoms with E-state index < -0.39 is 5.91 Å². The number of carbonyl (C=O) groups excluding carboxylic acids is 1. The minimum atomic E-state index is -0.656. The SMILES string of the molecule is COc1nc(N)c(N)cc1C(N)=O. The normalized spacial score (nSPS) is 9.62. The predicted octanol–water partition coefficient (Wildman–Crippen LogP) is -0.646. The number of nitrogen functional groups attached to an aromatic ring is 2. The highest BCUT2D eigenvalue weighted by atomic mass is 16.5. The molecule has 0 aliphatic carbocycles. The third-order valence-corrected chi connectivity index (χ3v) is 1.51. The van der Waals surface area contributed by atoms with E-state index in [1.54, 1.807) is 0 Å². The topological polar surface area (TPSA) is 117 Å².